The largest absolute Gasteiger partial charge is 0.416 e. The number of piperidine rings is 1. The number of benzene rings is 2. The molecule has 20 heteroatoms. The molecule has 3 aliphatic heterocycles. The molecule has 3 aromatic heterocycles. The van der Waals surface area contributed by atoms with Crippen LogP contribution in [-0.4, -0.2) is 129 Å². The molecule has 8 rings (SSSR count). The zero-order valence-electron chi connectivity index (χ0n) is 38.4. The fourth-order valence-electron chi connectivity index (χ4n) is 9.61. The quantitative estimate of drug-likeness (QED) is 0.0598. The zero-order chi connectivity index (χ0) is 47.4. The summed E-state index contributed by atoms with van der Waals surface area (Å²) in [5.74, 6) is -0.634. The Hall–Kier alpha value is -6.28. The van der Waals surface area contributed by atoms with Crippen LogP contribution >= 0.6 is 0 Å². The number of imide groups is 1. The number of aromatic nitrogens is 5. The number of rotatable bonds is 16. The summed E-state index contributed by atoms with van der Waals surface area (Å²) in [4.78, 5) is 68.7. The summed E-state index contributed by atoms with van der Waals surface area (Å²) in [6.07, 6.45) is 3.17. The molecule has 2 unspecified atom stereocenters. The standard InChI is InChI=1S/C47H60F3N13O4/c1-30(31-24-32(47(48,49)50)26-33(51)25-31)55-43-36-27-38(46(67)58(2)44(36)54-29-53-43)62-20-16-60(17-21-62)14-7-5-4-6-8-15-61-18-22-63(23-19-61)40(65)28-52-37-11-9-10-34-41(57-59(3)42(34)37)35-12-13-39(64)56-45(35)66/h9-11,24-27,29-30,35,52H,4-8,12-23,28,51H2,1-3H3,(H,53,54,55)(H,56,64,66). The minimum absolute atomic E-state index is 0.0136. The highest BCUT2D eigenvalue weighted by Crippen LogP contribution is 2.35. The number of nitrogen functional groups attached to an aromatic ring is 1. The van der Waals surface area contributed by atoms with E-state index in [1.807, 2.05) is 30.1 Å². The van der Waals surface area contributed by atoms with Crippen LogP contribution in [-0.2, 0) is 34.7 Å². The Morgan fingerprint density at radius 3 is 2.25 bits per heavy atom. The van der Waals surface area contributed by atoms with E-state index in [1.165, 1.54) is 17.0 Å². The predicted octanol–water partition coefficient (Wildman–Crippen LogP) is 4.84. The Labute approximate surface area is 386 Å². The third kappa shape index (κ3) is 10.8. The van der Waals surface area contributed by atoms with Gasteiger partial charge in [-0.2, -0.15) is 18.3 Å². The van der Waals surface area contributed by atoms with E-state index in [9.17, 15) is 32.3 Å². The van der Waals surface area contributed by atoms with Gasteiger partial charge in [-0.15, -0.1) is 0 Å². The van der Waals surface area contributed by atoms with Gasteiger partial charge in [0.25, 0.3) is 5.56 Å². The number of alkyl halides is 3. The monoisotopic (exact) mass is 927 g/mol. The molecule has 3 fully saturated rings. The minimum atomic E-state index is -4.53. The van der Waals surface area contributed by atoms with Crippen molar-refractivity contribution in [3.05, 3.63) is 76.0 Å². The lowest BCUT2D eigenvalue weighted by molar-refractivity contribution is -0.138. The third-order valence-corrected chi connectivity index (χ3v) is 13.4. The fraction of sp³-hybridized carbons (Fsp3) is 0.511. The molecular formula is C47H60F3N13O4. The third-order valence-electron chi connectivity index (χ3n) is 13.4. The second-order valence-electron chi connectivity index (χ2n) is 18.0. The summed E-state index contributed by atoms with van der Waals surface area (Å²) in [7, 11) is 3.49. The second-order valence-corrected chi connectivity index (χ2v) is 18.0. The predicted molar refractivity (Wildman–Crippen MR) is 252 cm³/mol. The van der Waals surface area contributed by atoms with Crippen molar-refractivity contribution in [3.8, 4) is 0 Å². The molecule has 0 spiro atoms. The molecule has 2 atom stereocenters. The summed E-state index contributed by atoms with van der Waals surface area (Å²) in [5, 5.41) is 15.0. The smallest absolute Gasteiger partial charge is 0.399 e. The molecule has 5 N–H and O–H groups in total. The van der Waals surface area contributed by atoms with Gasteiger partial charge in [0.05, 0.1) is 46.4 Å². The highest BCUT2D eigenvalue weighted by atomic mass is 19.4. The van der Waals surface area contributed by atoms with Gasteiger partial charge in [-0.25, -0.2) is 9.97 Å². The van der Waals surface area contributed by atoms with Crippen molar-refractivity contribution < 1.29 is 27.6 Å². The van der Waals surface area contributed by atoms with Crippen molar-refractivity contribution in [2.45, 2.75) is 70.0 Å². The molecule has 3 amide bonds. The molecule has 6 heterocycles. The van der Waals surface area contributed by atoms with E-state index in [0.29, 0.717) is 66.4 Å². The number of piperazine rings is 2. The Morgan fingerprint density at radius 2 is 1.57 bits per heavy atom. The Kier molecular flexibility index (Phi) is 14.3. The van der Waals surface area contributed by atoms with Gasteiger partial charge in [-0.3, -0.25) is 43.5 Å². The molecule has 3 aliphatic rings. The topological polar surface area (TPSA) is 192 Å². The summed E-state index contributed by atoms with van der Waals surface area (Å²) in [6.45, 7) is 9.99. The number of para-hydroxylation sites is 1. The molecule has 0 radical (unpaired) electrons. The van der Waals surface area contributed by atoms with Gasteiger partial charge in [0.2, 0.25) is 17.7 Å². The van der Waals surface area contributed by atoms with Gasteiger partial charge in [0, 0.05) is 83.9 Å². The maximum Gasteiger partial charge on any atom is 0.416 e. The van der Waals surface area contributed by atoms with E-state index < -0.39 is 23.7 Å². The maximum atomic E-state index is 13.6. The first-order valence-electron chi connectivity index (χ1n) is 23.2. The molecule has 3 saturated heterocycles. The van der Waals surface area contributed by atoms with Crippen molar-refractivity contribution in [2.75, 3.05) is 93.3 Å². The second kappa shape index (κ2) is 20.3. The Balaban J connectivity index is 0.730. The van der Waals surface area contributed by atoms with Crippen molar-refractivity contribution in [1.29, 1.82) is 0 Å². The van der Waals surface area contributed by atoms with Crippen LogP contribution in [0.25, 0.3) is 21.9 Å². The molecule has 5 aromatic rings. The van der Waals surface area contributed by atoms with E-state index in [-0.39, 0.29) is 41.9 Å². The summed E-state index contributed by atoms with van der Waals surface area (Å²) in [6, 6.07) is 10.4. The number of amides is 3. The summed E-state index contributed by atoms with van der Waals surface area (Å²) >= 11 is 0. The number of fused-ring (bicyclic) bond motifs is 2. The number of hydrogen-bond acceptors (Lipinski definition) is 13. The first kappa shape index (κ1) is 47.2. The first-order chi connectivity index (χ1) is 32.1. The molecule has 0 aliphatic carbocycles. The molecule has 0 saturated carbocycles. The molecular weight excluding hydrogens is 868 g/mol. The number of unbranched alkanes of at least 4 members (excludes halogenated alkanes) is 4. The van der Waals surface area contributed by atoms with Gasteiger partial charge < -0.3 is 26.2 Å². The summed E-state index contributed by atoms with van der Waals surface area (Å²) in [5.41, 5.74) is 8.39. The van der Waals surface area contributed by atoms with Crippen LogP contribution in [0.1, 0.15) is 80.7 Å². The van der Waals surface area contributed by atoms with Crippen LogP contribution in [0, 0.1) is 0 Å². The highest BCUT2D eigenvalue weighted by molar-refractivity contribution is 6.03. The van der Waals surface area contributed by atoms with Crippen LogP contribution < -0.4 is 32.1 Å². The number of hydrogen-bond donors (Lipinski definition) is 4. The Bertz CT molecular complexity index is 2670. The Morgan fingerprint density at radius 1 is 0.881 bits per heavy atom. The molecule has 358 valence electrons. The molecule has 17 nitrogen and oxygen atoms in total. The first-order valence-corrected chi connectivity index (χ1v) is 23.2. The summed E-state index contributed by atoms with van der Waals surface area (Å²) < 4.78 is 43.8. The number of carbonyl (C=O) groups excluding carboxylic acids is 3. The van der Waals surface area contributed by atoms with Crippen LogP contribution in [0.3, 0.4) is 0 Å². The SMILES string of the molecule is CC(Nc1ncnc2c1cc(N1CCN(CCCCCCCN3CCN(C(=O)CNc4cccc5c(C6CCC(=O)NC6=O)nn(C)c45)CC3)CC1)c(=O)n2C)c1cc(N)cc(C(F)(F)F)c1. The lowest BCUT2D eigenvalue weighted by Crippen LogP contribution is -2.50. The van der Waals surface area contributed by atoms with Crippen molar-refractivity contribution >= 4 is 62.5 Å². The number of nitrogens with zero attached hydrogens (tertiary/aromatic N) is 9. The van der Waals surface area contributed by atoms with Crippen molar-refractivity contribution in [3.63, 3.8) is 0 Å². The number of pyridine rings is 1. The lowest BCUT2D eigenvalue weighted by atomic mass is 9.92. The van der Waals surface area contributed by atoms with E-state index >= 15 is 0 Å². The van der Waals surface area contributed by atoms with Crippen LogP contribution in [0.2, 0.25) is 0 Å². The molecule has 0 bridgehead atoms. The number of halogens is 3. The van der Waals surface area contributed by atoms with Gasteiger partial charge in [0.15, 0.2) is 0 Å². The van der Waals surface area contributed by atoms with Gasteiger partial charge >= 0.3 is 6.18 Å². The van der Waals surface area contributed by atoms with Gasteiger partial charge in [-0.05, 0) is 75.2 Å². The minimum Gasteiger partial charge on any atom is -0.399 e. The number of nitrogens with one attached hydrogen (secondary N) is 3. The molecule has 67 heavy (non-hydrogen) atoms. The van der Waals surface area contributed by atoms with Gasteiger partial charge in [-0.1, -0.05) is 31.4 Å². The zero-order valence-corrected chi connectivity index (χ0v) is 38.4. The molecule has 2 aromatic carbocycles. The number of carbonyl (C=O) groups is 3. The van der Waals surface area contributed by atoms with E-state index in [2.05, 4.69) is 45.7 Å². The van der Waals surface area contributed by atoms with Gasteiger partial charge in [0.1, 0.15) is 23.5 Å². The van der Waals surface area contributed by atoms with Crippen LogP contribution in [0.4, 0.5) is 36.1 Å². The normalized spacial score (nSPS) is 18.1. The fourth-order valence-corrected chi connectivity index (χ4v) is 9.61. The average molecular weight is 928 g/mol. The number of nitrogens with two attached hydrogens (primary N) is 1. The number of aryl methyl sites for hydroxylation is 2. The number of anilines is 4. The van der Waals surface area contributed by atoms with E-state index in [4.69, 9.17) is 5.73 Å². The highest BCUT2D eigenvalue weighted by Gasteiger charge is 2.33. The van der Waals surface area contributed by atoms with Crippen molar-refractivity contribution in [2.24, 2.45) is 14.1 Å². The maximum absolute atomic E-state index is 13.6. The lowest BCUT2D eigenvalue weighted by Gasteiger charge is -2.36. The van der Waals surface area contributed by atoms with E-state index in [0.717, 1.165) is 100 Å². The van der Waals surface area contributed by atoms with Crippen molar-refractivity contribution in [1.82, 2.24) is 44.3 Å². The van der Waals surface area contributed by atoms with E-state index in [1.54, 1.807) is 24.7 Å². The van der Waals surface area contributed by atoms with Crippen LogP contribution in [0.15, 0.2) is 53.6 Å². The van der Waals surface area contributed by atoms with Crippen LogP contribution in [0.5, 0.6) is 0 Å². The average Bonchev–Trinajstić information content (AvgIpc) is 3.65.